The molecule has 2 aromatic rings. The van der Waals surface area contributed by atoms with Crippen LogP contribution in [0.5, 0.6) is 0 Å². The maximum atomic E-state index is 14.1. The van der Waals surface area contributed by atoms with E-state index < -0.39 is 0 Å². The fourth-order valence-electron chi connectivity index (χ4n) is 2.13. The lowest BCUT2D eigenvalue weighted by Gasteiger charge is -2.19. The van der Waals surface area contributed by atoms with Crippen molar-refractivity contribution in [3.63, 3.8) is 0 Å². The Morgan fingerprint density at radius 1 is 1.29 bits per heavy atom. The molecule has 0 radical (unpaired) electrons. The van der Waals surface area contributed by atoms with E-state index in [9.17, 15) is 4.39 Å². The molecule has 0 aliphatic heterocycles. The van der Waals surface area contributed by atoms with Crippen LogP contribution in [-0.2, 0) is 6.42 Å². The lowest BCUT2D eigenvalue weighted by molar-refractivity contribution is 0.514. The Bertz CT molecular complexity index is 615. The largest absolute Gasteiger partial charge is 0.310 e. The summed E-state index contributed by atoms with van der Waals surface area (Å²) in [5.41, 5.74) is 1.47. The Kier molecular flexibility index (Phi) is 6.33. The van der Waals surface area contributed by atoms with Gasteiger partial charge in [-0.2, -0.15) is 0 Å². The second-order valence-electron chi connectivity index (χ2n) is 4.70. The number of thiophene rings is 1. The molecule has 0 aliphatic rings. The zero-order valence-electron chi connectivity index (χ0n) is 11.4. The molecule has 0 spiro atoms. The molecule has 1 N–H and O–H groups in total. The van der Waals surface area contributed by atoms with Crippen molar-refractivity contribution < 1.29 is 4.39 Å². The van der Waals surface area contributed by atoms with Crippen molar-refractivity contribution in [3.05, 3.63) is 54.9 Å². The molecule has 0 aliphatic carbocycles. The van der Waals surface area contributed by atoms with E-state index in [1.165, 1.54) is 11.3 Å². The Labute approximate surface area is 143 Å². The van der Waals surface area contributed by atoms with Gasteiger partial charge in [-0.25, -0.2) is 4.39 Å². The third-order valence-corrected chi connectivity index (χ3v) is 4.96. The third kappa shape index (κ3) is 4.33. The Balaban J connectivity index is 2.28. The summed E-state index contributed by atoms with van der Waals surface area (Å²) in [6, 6.07) is 6.78. The van der Waals surface area contributed by atoms with Gasteiger partial charge in [0.1, 0.15) is 5.82 Å². The van der Waals surface area contributed by atoms with Crippen molar-refractivity contribution in [2.75, 3.05) is 6.54 Å². The molecule has 1 heterocycles. The molecule has 6 heteroatoms. The molecule has 1 aromatic carbocycles. The SMILES string of the molecule is CCCNC(Cc1cccc(Cl)c1F)c1cc(Cl)sc1Cl. The van der Waals surface area contributed by atoms with E-state index in [2.05, 4.69) is 12.2 Å². The van der Waals surface area contributed by atoms with E-state index in [-0.39, 0.29) is 16.9 Å². The van der Waals surface area contributed by atoms with Crippen molar-refractivity contribution in [1.82, 2.24) is 5.32 Å². The Morgan fingerprint density at radius 2 is 2.05 bits per heavy atom. The summed E-state index contributed by atoms with van der Waals surface area (Å²) in [5.74, 6) is -0.375. The number of hydrogen-bond donors (Lipinski definition) is 1. The van der Waals surface area contributed by atoms with Crippen molar-refractivity contribution in [3.8, 4) is 0 Å². The highest BCUT2D eigenvalue weighted by Crippen LogP contribution is 2.36. The average molecular weight is 367 g/mol. The lowest BCUT2D eigenvalue weighted by Crippen LogP contribution is -2.24. The fraction of sp³-hybridized carbons (Fsp3) is 0.333. The minimum absolute atomic E-state index is 0.0887. The van der Waals surface area contributed by atoms with E-state index in [1.807, 2.05) is 6.07 Å². The Hall–Kier alpha value is -0.320. The van der Waals surface area contributed by atoms with Crippen LogP contribution in [0.4, 0.5) is 4.39 Å². The van der Waals surface area contributed by atoms with Crippen LogP contribution in [0.15, 0.2) is 24.3 Å². The number of benzene rings is 1. The van der Waals surface area contributed by atoms with E-state index in [0.717, 1.165) is 18.5 Å². The van der Waals surface area contributed by atoms with Crippen LogP contribution < -0.4 is 5.32 Å². The van der Waals surface area contributed by atoms with Crippen LogP contribution >= 0.6 is 46.1 Å². The van der Waals surface area contributed by atoms with Crippen LogP contribution in [0.25, 0.3) is 0 Å². The molecule has 1 nitrogen and oxygen atoms in total. The standard InChI is InChI=1S/C15H15Cl3FNS/c1-2-6-20-12(10-8-13(17)21-15(10)18)7-9-4-3-5-11(16)14(9)19/h3-5,8,12,20H,2,6-7H2,1H3. The van der Waals surface area contributed by atoms with Crippen molar-refractivity contribution in [2.24, 2.45) is 0 Å². The molecule has 1 aromatic heterocycles. The van der Waals surface area contributed by atoms with E-state index in [0.29, 0.717) is 20.7 Å². The maximum absolute atomic E-state index is 14.1. The summed E-state index contributed by atoms with van der Waals surface area (Å²) in [6.45, 7) is 2.89. The minimum atomic E-state index is -0.375. The van der Waals surface area contributed by atoms with Crippen LogP contribution in [0.2, 0.25) is 13.7 Å². The van der Waals surface area contributed by atoms with Gasteiger partial charge < -0.3 is 5.32 Å². The van der Waals surface area contributed by atoms with Gasteiger partial charge in [0.25, 0.3) is 0 Å². The summed E-state index contributed by atoms with van der Waals surface area (Å²) in [5, 5.41) is 3.52. The predicted octanol–water partition coefficient (Wildman–Crippen LogP) is 6.13. The molecule has 2 rings (SSSR count). The second-order valence-corrected chi connectivity index (χ2v) is 7.40. The highest BCUT2D eigenvalue weighted by atomic mass is 35.5. The molecule has 0 saturated heterocycles. The van der Waals surface area contributed by atoms with Gasteiger partial charge in [0, 0.05) is 11.6 Å². The molecule has 0 saturated carbocycles. The first-order chi connectivity index (χ1) is 10.0. The number of nitrogens with one attached hydrogen (secondary N) is 1. The topological polar surface area (TPSA) is 12.0 Å². The number of halogens is 4. The van der Waals surface area contributed by atoms with Gasteiger partial charge in [0.15, 0.2) is 0 Å². The van der Waals surface area contributed by atoms with Gasteiger partial charge in [0.2, 0.25) is 0 Å². The van der Waals surface area contributed by atoms with Gasteiger partial charge in [-0.1, -0.05) is 53.9 Å². The first-order valence-electron chi connectivity index (χ1n) is 6.64. The smallest absolute Gasteiger partial charge is 0.145 e. The number of hydrogen-bond acceptors (Lipinski definition) is 2. The molecule has 0 bridgehead atoms. The summed E-state index contributed by atoms with van der Waals surface area (Å²) >= 11 is 19.4. The number of rotatable bonds is 6. The second kappa shape index (κ2) is 7.80. The van der Waals surface area contributed by atoms with Crippen LogP contribution in [0.3, 0.4) is 0 Å². The van der Waals surface area contributed by atoms with Gasteiger partial charge in [-0.05, 0) is 37.1 Å². The van der Waals surface area contributed by atoms with Crippen molar-refractivity contribution in [1.29, 1.82) is 0 Å². The summed E-state index contributed by atoms with van der Waals surface area (Å²) in [6.07, 6.45) is 1.45. The van der Waals surface area contributed by atoms with Crippen molar-refractivity contribution in [2.45, 2.75) is 25.8 Å². The quantitative estimate of drug-likeness (QED) is 0.648. The van der Waals surface area contributed by atoms with Crippen LogP contribution in [-0.4, -0.2) is 6.54 Å². The summed E-state index contributed by atoms with van der Waals surface area (Å²) in [4.78, 5) is 0. The predicted molar refractivity (Wildman–Crippen MR) is 90.5 cm³/mol. The fourth-order valence-corrected chi connectivity index (χ4v) is 3.90. The first-order valence-corrected chi connectivity index (χ1v) is 8.59. The molecular weight excluding hydrogens is 352 g/mol. The average Bonchev–Trinajstić information content (AvgIpc) is 2.78. The van der Waals surface area contributed by atoms with Crippen molar-refractivity contribution >= 4 is 46.1 Å². The van der Waals surface area contributed by atoms with Gasteiger partial charge in [-0.15, -0.1) is 11.3 Å². The zero-order chi connectivity index (χ0) is 15.4. The van der Waals surface area contributed by atoms with Crippen LogP contribution in [0.1, 0.15) is 30.5 Å². The maximum Gasteiger partial charge on any atom is 0.145 e. The molecule has 0 amide bonds. The lowest BCUT2D eigenvalue weighted by atomic mass is 10.0. The highest BCUT2D eigenvalue weighted by molar-refractivity contribution is 7.20. The highest BCUT2D eigenvalue weighted by Gasteiger charge is 2.19. The third-order valence-electron chi connectivity index (χ3n) is 3.15. The van der Waals surface area contributed by atoms with E-state index in [4.69, 9.17) is 34.8 Å². The molecule has 1 unspecified atom stereocenters. The van der Waals surface area contributed by atoms with Crippen LogP contribution in [0, 0.1) is 5.82 Å². The first kappa shape index (κ1) is 17.0. The van der Waals surface area contributed by atoms with Gasteiger partial charge in [-0.3, -0.25) is 0 Å². The Morgan fingerprint density at radius 3 is 2.67 bits per heavy atom. The molecular formula is C15H15Cl3FNS. The van der Waals surface area contributed by atoms with Gasteiger partial charge >= 0.3 is 0 Å². The molecule has 0 fully saturated rings. The van der Waals surface area contributed by atoms with Gasteiger partial charge in [0.05, 0.1) is 13.7 Å². The monoisotopic (exact) mass is 365 g/mol. The van der Waals surface area contributed by atoms with E-state index in [1.54, 1.807) is 18.2 Å². The summed E-state index contributed by atoms with van der Waals surface area (Å²) in [7, 11) is 0. The summed E-state index contributed by atoms with van der Waals surface area (Å²) < 4.78 is 15.4. The zero-order valence-corrected chi connectivity index (χ0v) is 14.5. The minimum Gasteiger partial charge on any atom is -0.310 e. The van der Waals surface area contributed by atoms with E-state index >= 15 is 0 Å². The molecule has 21 heavy (non-hydrogen) atoms. The molecule has 114 valence electrons. The normalized spacial score (nSPS) is 12.6. The molecule has 1 atom stereocenters.